The minimum absolute atomic E-state index is 0.0200. The minimum atomic E-state index is -0.0200. The zero-order chi connectivity index (χ0) is 11.5. The Bertz CT molecular complexity index is 374. The summed E-state index contributed by atoms with van der Waals surface area (Å²) in [6.07, 6.45) is 5.55. The van der Waals surface area contributed by atoms with E-state index in [1.165, 1.54) is 0 Å². The third-order valence-electron chi connectivity index (χ3n) is 2.93. The zero-order valence-electron chi connectivity index (χ0n) is 9.81. The lowest BCUT2D eigenvalue weighted by molar-refractivity contribution is 0.0912. The second-order valence-electron chi connectivity index (χ2n) is 4.48. The SMILES string of the molecule is CN1CCCC(NC(=O)c2cnn(C)c2)C1. The average Bonchev–Trinajstić information content (AvgIpc) is 2.65. The maximum absolute atomic E-state index is 11.8. The molecule has 1 aliphatic heterocycles. The van der Waals surface area contributed by atoms with Crippen LogP contribution in [0.25, 0.3) is 0 Å². The number of aromatic nitrogens is 2. The van der Waals surface area contributed by atoms with Crippen LogP contribution in [0.15, 0.2) is 12.4 Å². The van der Waals surface area contributed by atoms with Crippen LogP contribution >= 0.6 is 0 Å². The van der Waals surface area contributed by atoms with E-state index in [2.05, 4.69) is 22.4 Å². The summed E-state index contributed by atoms with van der Waals surface area (Å²) in [5.74, 6) is -0.0200. The Labute approximate surface area is 95.4 Å². The molecule has 0 aliphatic carbocycles. The summed E-state index contributed by atoms with van der Waals surface area (Å²) in [6.45, 7) is 2.06. The lowest BCUT2D eigenvalue weighted by Gasteiger charge is -2.30. The molecule has 5 heteroatoms. The summed E-state index contributed by atoms with van der Waals surface area (Å²) < 4.78 is 1.64. The Morgan fingerprint density at radius 1 is 1.56 bits per heavy atom. The van der Waals surface area contributed by atoms with Crippen molar-refractivity contribution in [1.82, 2.24) is 20.0 Å². The molecule has 2 rings (SSSR count). The highest BCUT2D eigenvalue weighted by molar-refractivity contribution is 5.93. The number of rotatable bonds is 2. The first-order valence-electron chi connectivity index (χ1n) is 5.63. The van der Waals surface area contributed by atoms with Gasteiger partial charge in [0.1, 0.15) is 0 Å². The van der Waals surface area contributed by atoms with Crippen molar-refractivity contribution in [2.45, 2.75) is 18.9 Å². The van der Waals surface area contributed by atoms with Gasteiger partial charge in [0.05, 0.1) is 11.8 Å². The second kappa shape index (κ2) is 4.65. The van der Waals surface area contributed by atoms with Crippen LogP contribution in [0.1, 0.15) is 23.2 Å². The molecule has 16 heavy (non-hydrogen) atoms. The molecule has 1 saturated heterocycles. The molecular weight excluding hydrogens is 204 g/mol. The number of carbonyl (C=O) groups excluding carboxylic acids is 1. The highest BCUT2D eigenvalue weighted by Gasteiger charge is 2.19. The predicted octanol–water partition coefficient (Wildman–Crippen LogP) is 0.244. The van der Waals surface area contributed by atoms with Crippen LogP contribution in [0.4, 0.5) is 0 Å². The molecule has 0 radical (unpaired) electrons. The van der Waals surface area contributed by atoms with E-state index >= 15 is 0 Å². The van der Waals surface area contributed by atoms with Gasteiger partial charge in [0.25, 0.3) is 5.91 Å². The van der Waals surface area contributed by atoms with Crippen LogP contribution in [-0.4, -0.2) is 46.8 Å². The molecule has 0 bridgehead atoms. The van der Waals surface area contributed by atoms with Crippen molar-refractivity contribution in [3.63, 3.8) is 0 Å². The van der Waals surface area contributed by atoms with Gasteiger partial charge in [-0.05, 0) is 26.4 Å². The number of nitrogens with zero attached hydrogens (tertiary/aromatic N) is 3. The molecule has 5 nitrogen and oxygen atoms in total. The molecule has 1 aliphatic rings. The molecule has 1 N–H and O–H groups in total. The largest absolute Gasteiger partial charge is 0.348 e. The third-order valence-corrected chi connectivity index (χ3v) is 2.93. The lowest BCUT2D eigenvalue weighted by atomic mass is 10.1. The number of piperidine rings is 1. The van der Waals surface area contributed by atoms with Crippen molar-refractivity contribution < 1.29 is 4.79 Å². The molecular formula is C11H18N4O. The minimum Gasteiger partial charge on any atom is -0.348 e. The number of aryl methyl sites for hydroxylation is 1. The Morgan fingerprint density at radius 3 is 3.00 bits per heavy atom. The quantitative estimate of drug-likeness (QED) is 0.780. The fourth-order valence-corrected chi connectivity index (χ4v) is 2.09. The van der Waals surface area contributed by atoms with E-state index in [4.69, 9.17) is 0 Å². The van der Waals surface area contributed by atoms with Crippen molar-refractivity contribution >= 4 is 5.91 Å². The summed E-state index contributed by atoms with van der Waals surface area (Å²) in [5.41, 5.74) is 0.635. The lowest BCUT2D eigenvalue weighted by Crippen LogP contribution is -2.46. The number of likely N-dealkylation sites (tertiary alicyclic amines) is 1. The molecule has 1 fully saturated rings. The van der Waals surface area contributed by atoms with Crippen molar-refractivity contribution in [3.8, 4) is 0 Å². The van der Waals surface area contributed by atoms with Gasteiger partial charge in [-0.25, -0.2) is 0 Å². The molecule has 88 valence electrons. The molecule has 0 saturated carbocycles. The van der Waals surface area contributed by atoms with E-state index in [0.717, 1.165) is 25.9 Å². The van der Waals surface area contributed by atoms with Gasteiger partial charge in [-0.1, -0.05) is 0 Å². The fraction of sp³-hybridized carbons (Fsp3) is 0.636. The van der Waals surface area contributed by atoms with Crippen LogP contribution in [0, 0.1) is 0 Å². The van der Waals surface area contributed by atoms with Crippen LogP contribution in [0.2, 0.25) is 0 Å². The number of nitrogens with one attached hydrogen (secondary N) is 1. The van der Waals surface area contributed by atoms with Gasteiger partial charge in [-0.3, -0.25) is 9.48 Å². The van der Waals surface area contributed by atoms with Gasteiger partial charge >= 0.3 is 0 Å². The van der Waals surface area contributed by atoms with E-state index in [0.29, 0.717) is 5.56 Å². The fourth-order valence-electron chi connectivity index (χ4n) is 2.09. The van der Waals surface area contributed by atoms with E-state index < -0.39 is 0 Å². The van der Waals surface area contributed by atoms with Crippen LogP contribution in [0.5, 0.6) is 0 Å². The zero-order valence-corrected chi connectivity index (χ0v) is 9.81. The Morgan fingerprint density at radius 2 is 2.38 bits per heavy atom. The van der Waals surface area contributed by atoms with Crippen molar-refractivity contribution in [2.24, 2.45) is 7.05 Å². The Balaban J connectivity index is 1.92. The number of likely N-dealkylation sites (N-methyl/N-ethyl adjacent to an activating group) is 1. The van der Waals surface area contributed by atoms with Gasteiger partial charge in [0.15, 0.2) is 0 Å². The first kappa shape index (κ1) is 11.1. The molecule has 1 aromatic heterocycles. The highest BCUT2D eigenvalue weighted by Crippen LogP contribution is 2.08. The maximum Gasteiger partial charge on any atom is 0.254 e. The topological polar surface area (TPSA) is 50.2 Å². The van der Waals surface area contributed by atoms with Crippen molar-refractivity contribution in [1.29, 1.82) is 0 Å². The van der Waals surface area contributed by atoms with Gasteiger partial charge in [0.2, 0.25) is 0 Å². The van der Waals surface area contributed by atoms with Crippen LogP contribution < -0.4 is 5.32 Å². The maximum atomic E-state index is 11.8. The van der Waals surface area contributed by atoms with Crippen LogP contribution in [0.3, 0.4) is 0 Å². The second-order valence-corrected chi connectivity index (χ2v) is 4.48. The first-order chi connectivity index (χ1) is 7.65. The molecule has 0 aromatic carbocycles. The predicted molar refractivity (Wildman–Crippen MR) is 61.2 cm³/mol. The Hall–Kier alpha value is -1.36. The van der Waals surface area contributed by atoms with E-state index in [-0.39, 0.29) is 11.9 Å². The monoisotopic (exact) mass is 222 g/mol. The molecule has 0 spiro atoms. The number of hydrogen-bond donors (Lipinski definition) is 1. The summed E-state index contributed by atoms with van der Waals surface area (Å²) in [7, 11) is 3.90. The molecule has 2 heterocycles. The first-order valence-corrected chi connectivity index (χ1v) is 5.63. The third kappa shape index (κ3) is 2.61. The standard InChI is InChI=1S/C11H18N4O/c1-14-5-3-4-10(8-14)13-11(16)9-6-12-15(2)7-9/h6-7,10H,3-5,8H2,1-2H3,(H,13,16). The summed E-state index contributed by atoms with van der Waals surface area (Å²) in [6, 6.07) is 0.270. The number of carbonyl (C=O) groups is 1. The van der Waals surface area contributed by atoms with Gasteiger partial charge in [0, 0.05) is 25.8 Å². The van der Waals surface area contributed by atoms with Gasteiger partial charge < -0.3 is 10.2 Å². The summed E-state index contributed by atoms with van der Waals surface area (Å²) in [5, 5.41) is 7.04. The van der Waals surface area contributed by atoms with Crippen molar-refractivity contribution in [2.75, 3.05) is 20.1 Å². The molecule has 1 atom stereocenters. The molecule has 1 unspecified atom stereocenters. The molecule has 1 aromatic rings. The summed E-state index contributed by atoms with van der Waals surface area (Å²) in [4.78, 5) is 14.1. The van der Waals surface area contributed by atoms with E-state index in [1.54, 1.807) is 17.1 Å². The smallest absolute Gasteiger partial charge is 0.254 e. The normalized spacial score (nSPS) is 22.0. The number of amides is 1. The van der Waals surface area contributed by atoms with E-state index in [9.17, 15) is 4.79 Å². The molecule has 1 amide bonds. The van der Waals surface area contributed by atoms with E-state index in [1.807, 2.05) is 7.05 Å². The van der Waals surface area contributed by atoms with Crippen molar-refractivity contribution in [3.05, 3.63) is 18.0 Å². The van der Waals surface area contributed by atoms with Gasteiger partial charge in [-0.15, -0.1) is 0 Å². The summed E-state index contributed by atoms with van der Waals surface area (Å²) >= 11 is 0. The Kier molecular flexibility index (Phi) is 3.24. The average molecular weight is 222 g/mol. The van der Waals surface area contributed by atoms with Crippen LogP contribution in [-0.2, 0) is 7.05 Å². The highest BCUT2D eigenvalue weighted by atomic mass is 16.1. The number of hydrogen-bond acceptors (Lipinski definition) is 3. The van der Waals surface area contributed by atoms with Gasteiger partial charge in [-0.2, -0.15) is 5.10 Å².